The van der Waals surface area contributed by atoms with Gasteiger partial charge in [0.2, 0.25) is 0 Å². The SMILES string of the molecule is Cn1nc(C(=O)O)c(Br)c1-c1ccc2c(c1)CCC2. The second-order valence-electron chi connectivity index (χ2n) is 4.78. The molecule has 1 aromatic heterocycles. The fourth-order valence-corrected chi connectivity index (χ4v) is 3.40. The van der Waals surface area contributed by atoms with Crippen molar-refractivity contribution in [3.63, 3.8) is 0 Å². The normalized spacial score (nSPS) is 13.6. The van der Waals surface area contributed by atoms with Crippen LogP contribution in [0.4, 0.5) is 0 Å². The molecule has 1 aliphatic rings. The number of aryl methyl sites for hydroxylation is 3. The summed E-state index contributed by atoms with van der Waals surface area (Å²) < 4.78 is 2.16. The molecule has 4 nitrogen and oxygen atoms in total. The van der Waals surface area contributed by atoms with E-state index in [1.54, 1.807) is 11.7 Å². The maximum atomic E-state index is 11.1. The second-order valence-corrected chi connectivity index (χ2v) is 5.57. The number of carbonyl (C=O) groups is 1. The van der Waals surface area contributed by atoms with Crippen molar-refractivity contribution in [2.24, 2.45) is 7.05 Å². The van der Waals surface area contributed by atoms with Crippen molar-refractivity contribution in [3.05, 3.63) is 39.5 Å². The molecule has 0 saturated carbocycles. The Morgan fingerprint density at radius 3 is 2.79 bits per heavy atom. The highest BCUT2D eigenvalue weighted by Gasteiger charge is 2.21. The van der Waals surface area contributed by atoms with Gasteiger partial charge in [0.1, 0.15) is 0 Å². The Morgan fingerprint density at radius 2 is 2.11 bits per heavy atom. The van der Waals surface area contributed by atoms with E-state index in [0.717, 1.165) is 24.1 Å². The van der Waals surface area contributed by atoms with Gasteiger partial charge in [-0.2, -0.15) is 5.10 Å². The lowest BCUT2D eigenvalue weighted by molar-refractivity contribution is 0.0688. The van der Waals surface area contributed by atoms with Crippen molar-refractivity contribution in [1.82, 2.24) is 9.78 Å². The molecule has 3 rings (SSSR count). The Balaban J connectivity index is 2.14. The number of benzene rings is 1. The maximum Gasteiger partial charge on any atom is 0.357 e. The lowest BCUT2D eigenvalue weighted by Crippen LogP contribution is -1.99. The molecule has 98 valence electrons. The van der Waals surface area contributed by atoms with Crippen molar-refractivity contribution in [1.29, 1.82) is 0 Å². The largest absolute Gasteiger partial charge is 0.476 e. The average Bonchev–Trinajstić information content (AvgIpc) is 2.93. The first-order valence-electron chi connectivity index (χ1n) is 6.16. The third-order valence-electron chi connectivity index (χ3n) is 3.56. The van der Waals surface area contributed by atoms with Gasteiger partial charge in [-0.3, -0.25) is 4.68 Å². The molecule has 1 N–H and O–H groups in total. The molecule has 19 heavy (non-hydrogen) atoms. The van der Waals surface area contributed by atoms with Crippen LogP contribution in [0, 0.1) is 0 Å². The zero-order chi connectivity index (χ0) is 13.6. The molecule has 1 aromatic carbocycles. The standard InChI is InChI=1S/C14H13BrN2O2/c1-17-13(11(15)12(16-17)14(18)19)10-6-5-8-3-2-4-9(8)7-10/h5-7H,2-4H2,1H3,(H,18,19). The molecule has 0 radical (unpaired) electrons. The number of fused-ring (bicyclic) bond motifs is 1. The summed E-state index contributed by atoms with van der Waals surface area (Å²) in [4.78, 5) is 11.1. The van der Waals surface area contributed by atoms with E-state index in [-0.39, 0.29) is 5.69 Å². The van der Waals surface area contributed by atoms with E-state index in [9.17, 15) is 4.79 Å². The Morgan fingerprint density at radius 1 is 1.37 bits per heavy atom. The summed E-state index contributed by atoms with van der Waals surface area (Å²) in [5, 5.41) is 13.1. The fourth-order valence-electron chi connectivity index (χ4n) is 2.67. The number of hydrogen-bond acceptors (Lipinski definition) is 2. The third-order valence-corrected chi connectivity index (χ3v) is 4.32. The second kappa shape index (κ2) is 4.49. The lowest BCUT2D eigenvalue weighted by atomic mass is 10.0. The van der Waals surface area contributed by atoms with Crippen molar-refractivity contribution in [3.8, 4) is 11.3 Å². The number of hydrogen-bond donors (Lipinski definition) is 1. The van der Waals surface area contributed by atoms with E-state index in [2.05, 4.69) is 33.2 Å². The number of rotatable bonds is 2. The van der Waals surface area contributed by atoms with Crippen molar-refractivity contribution < 1.29 is 9.90 Å². The van der Waals surface area contributed by atoms with E-state index < -0.39 is 5.97 Å². The summed E-state index contributed by atoms with van der Waals surface area (Å²) >= 11 is 3.36. The molecule has 0 fully saturated rings. The van der Waals surface area contributed by atoms with Gasteiger partial charge >= 0.3 is 5.97 Å². The third kappa shape index (κ3) is 1.98. The Bertz CT molecular complexity index is 676. The molecular formula is C14H13BrN2O2. The summed E-state index contributed by atoms with van der Waals surface area (Å²) in [7, 11) is 1.76. The van der Waals surface area contributed by atoms with Crippen LogP contribution in [0.3, 0.4) is 0 Å². The van der Waals surface area contributed by atoms with Gasteiger partial charge in [0.15, 0.2) is 5.69 Å². The zero-order valence-electron chi connectivity index (χ0n) is 10.5. The molecule has 1 heterocycles. The van der Waals surface area contributed by atoms with Gasteiger partial charge in [-0.25, -0.2) is 4.79 Å². The highest BCUT2D eigenvalue weighted by Crippen LogP contribution is 2.33. The minimum Gasteiger partial charge on any atom is -0.476 e. The van der Waals surface area contributed by atoms with Gasteiger partial charge in [-0.05, 0) is 52.4 Å². The Labute approximate surface area is 119 Å². The molecule has 0 aliphatic heterocycles. The van der Waals surface area contributed by atoms with Crippen LogP contribution in [0.1, 0.15) is 28.0 Å². The first-order valence-corrected chi connectivity index (χ1v) is 6.95. The van der Waals surface area contributed by atoms with E-state index in [0.29, 0.717) is 4.47 Å². The summed E-state index contributed by atoms with van der Waals surface area (Å²) in [6.45, 7) is 0. The molecule has 2 aromatic rings. The van der Waals surface area contributed by atoms with Crippen LogP contribution in [0.25, 0.3) is 11.3 Å². The maximum absolute atomic E-state index is 11.1. The minimum atomic E-state index is -1.02. The first kappa shape index (κ1) is 12.4. The molecule has 0 bridgehead atoms. The molecule has 5 heteroatoms. The van der Waals surface area contributed by atoms with Gasteiger partial charge in [-0.1, -0.05) is 12.1 Å². The monoisotopic (exact) mass is 320 g/mol. The van der Waals surface area contributed by atoms with E-state index in [4.69, 9.17) is 5.11 Å². The topological polar surface area (TPSA) is 55.1 Å². The number of carboxylic acids is 1. The van der Waals surface area contributed by atoms with Crippen LogP contribution in [-0.4, -0.2) is 20.9 Å². The van der Waals surface area contributed by atoms with Gasteiger partial charge in [0.05, 0.1) is 10.2 Å². The first-order chi connectivity index (χ1) is 9.08. The quantitative estimate of drug-likeness (QED) is 0.925. The van der Waals surface area contributed by atoms with Crippen molar-refractivity contribution >= 4 is 21.9 Å². The van der Waals surface area contributed by atoms with Crippen LogP contribution in [0.5, 0.6) is 0 Å². The van der Waals surface area contributed by atoms with Crippen LogP contribution in [0.2, 0.25) is 0 Å². The van der Waals surface area contributed by atoms with Crippen LogP contribution < -0.4 is 0 Å². The average molecular weight is 321 g/mol. The lowest BCUT2D eigenvalue weighted by Gasteiger charge is -2.06. The van der Waals surface area contributed by atoms with Gasteiger partial charge < -0.3 is 5.11 Å². The van der Waals surface area contributed by atoms with E-state index in [1.165, 1.54) is 17.5 Å². The van der Waals surface area contributed by atoms with Crippen molar-refractivity contribution in [2.45, 2.75) is 19.3 Å². The Hall–Kier alpha value is -1.62. The van der Waals surface area contributed by atoms with Crippen LogP contribution in [-0.2, 0) is 19.9 Å². The number of aromatic carboxylic acids is 1. The molecule has 1 aliphatic carbocycles. The number of halogens is 1. The van der Waals surface area contributed by atoms with E-state index in [1.807, 2.05) is 6.07 Å². The zero-order valence-corrected chi connectivity index (χ0v) is 12.1. The minimum absolute atomic E-state index is 0.0537. The summed E-state index contributed by atoms with van der Waals surface area (Å²) in [6.07, 6.45) is 3.44. The number of aromatic nitrogens is 2. The predicted octanol–water partition coefficient (Wildman–Crippen LogP) is 3.04. The molecular weight excluding hydrogens is 308 g/mol. The van der Waals surface area contributed by atoms with Crippen LogP contribution >= 0.6 is 15.9 Å². The number of nitrogens with zero attached hydrogens (tertiary/aromatic N) is 2. The van der Waals surface area contributed by atoms with Gasteiger partial charge in [0.25, 0.3) is 0 Å². The van der Waals surface area contributed by atoms with Crippen LogP contribution in [0.15, 0.2) is 22.7 Å². The molecule has 0 unspecified atom stereocenters. The van der Waals surface area contributed by atoms with Crippen molar-refractivity contribution in [2.75, 3.05) is 0 Å². The van der Waals surface area contributed by atoms with Gasteiger partial charge in [-0.15, -0.1) is 0 Å². The fraction of sp³-hybridized carbons (Fsp3) is 0.286. The smallest absolute Gasteiger partial charge is 0.357 e. The van der Waals surface area contributed by atoms with Gasteiger partial charge in [0, 0.05) is 12.6 Å². The highest BCUT2D eigenvalue weighted by atomic mass is 79.9. The molecule has 0 amide bonds. The summed E-state index contributed by atoms with van der Waals surface area (Å²) in [6, 6.07) is 6.32. The molecule has 0 saturated heterocycles. The predicted molar refractivity (Wildman–Crippen MR) is 75.3 cm³/mol. The molecule has 0 spiro atoms. The molecule has 0 atom stereocenters. The highest BCUT2D eigenvalue weighted by molar-refractivity contribution is 9.10. The Kier molecular flexibility index (Phi) is 2.93. The summed E-state index contributed by atoms with van der Waals surface area (Å²) in [5.41, 5.74) is 4.64. The summed E-state index contributed by atoms with van der Waals surface area (Å²) in [5.74, 6) is -1.02. The number of carboxylic acid groups (broad SMARTS) is 1. The van der Waals surface area contributed by atoms with E-state index >= 15 is 0 Å².